The SMILES string of the molecule is CCOC(=O)c1ccc([N+](=O)[O-])cc1N(C)C(=O)COCc1ccc(C)c(C)c1. The molecule has 8 heteroatoms. The first kappa shape index (κ1) is 22.0. The summed E-state index contributed by atoms with van der Waals surface area (Å²) in [5, 5.41) is 11.1. The normalized spacial score (nSPS) is 10.5. The first-order chi connectivity index (χ1) is 13.7. The van der Waals surface area contributed by atoms with Crippen molar-refractivity contribution in [2.24, 2.45) is 0 Å². The number of non-ortho nitro benzene ring substituents is 1. The zero-order valence-electron chi connectivity index (χ0n) is 16.9. The lowest BCUT2D eigenvalue weighted by molar-refractivity contribution is -0.384. The molecule has 2 aromatic rings. The van der Waals surface area contributed by atoms with Crippen molar-refractivity contribution in [2.45, 2.75) is 27.4 Å². The fraction of sp³-hybridized carbons (Fsp3) is 0.333. The largest absolute Gasteiger partial charge is 0.462 e. The number of aryl methyl sites for hydroxylation is 2. The highest BCUT2D eigenvalue weighted by atomic mass is 16.6. The van der Waals surface area contributed by atoms with E-state index in [1.54, 1.807) is 6.92 Å². The summed E-state index contributed by atoms with van der Waals surface area (Å²) in [6.07, 6.45) is 0. The second-order valence-electron chi connectivity index (χ2n) is 6.54. The Morgan fingerprint density at radius 1 is 1.10 bits per heavy atom. The summed E-state index contributed by atoms with van der Waals surface area (Å²) in [7, 11) is 1.43. The zero-order chi connectivity index (χ0) is 21.6. The molecule has 0 fully saturated rings. The van der Waals surface area contributed by atoms with Gasteiger partial charge in [0.15, 0.2) is 0 Å². The number of nitrogens with zero attached hydrogens (tertiary/aromatic N) is 2. The Hall–Kier alpha value is -3.26. The minimum absolute atomic E-state index is 0.0717. The fourth-order valence-corrected chi connectivity index (χ4v) is 2.67. The average molecular weight is 400 g/mol. The third-order valence-corrected chi connectivity index (χ3v) is 4.49. The Morgan fingerprint density at radius 2 is 1.83 bits per heavy atom. The molecule has 0 spiro atoms. The molecule has 2 aromatic carbocycles. The molecule has 0 heterocycles. The summed E-state index contributed by atoms with van der Waals surface area (Å²) in [4.78, 5) is 36.4. The number of nitro groups is 1. The van der Waals surface area contributed by atoms with E-state index in [4.69, 9.17) is 9.47 Å². The lowest BCUT2D eigenvalue weighted by atomic mass is 10.1. The third kappa shape index (κ3) is 5.61. The Morgan fingerprint density at radius 3 is 2.45 bits per heavy atom. The van der Waals surface area contributed by atoms with Crippen molar-refractivity contribution in [1.29, 1.82) is 0 Å². The van der Waals surface area contributed by atoms with E-state index in [2.05, 4.69) is 0 Å². The van der Waals surface area contributed by atoms with Crippen LogP contribution in [-0.2, 0) is 20.9 Å². The second kappa shape index (κ2) is 9.79. The topological polar surface area (TPSA) is 99.0 Å². The molecular formula is C21H24N2O6. The number of hydrogen-bond donors (Lipinski definition) is 0. The van der Waals surface area contributed by atoms with Gasteiger partial charge in [-0.25, -0.2) is 4.79 Å². The number of amides is 1. The number of ether oxygens (including phenoxy) is 2. The third-order valence-electron chi connectivity index (χ3n) is 4.49. The van der Waals surface area contributed by atoms with Crippen LogP contribution < -0.4 is 4.90 Å². The van der Waals surface area contributed by atoms with Crippen LogP contribution >= 0.6 is 0 Å². The highest BCUT2D eigenvalue weighted by Crippen LogP contribution is 2.26. The maximum atomic E-state index is 12.5. The number of esters is 1. The van der Waals surface area contributed by atoms with Crippen molar-refractivity contribution in [1.82, 2.24) is 0 Å². The number of rotatable bonds is 8. The summed E-state index contributed by atoms with van der Waals surface area (Å²) < 4.78 is 10.5. The van der Waals surface area contributed by atoms with E-state index in [0.717, 1.165) is 11.1 Å². The minimum atomic E-state index is -0.659. The van der Waals surface area contributed by atoms with E-state index in [9.17, 15) is 19.7 Å². The fourth-order valence-electron chi connectivity index (χ4n) is 2.67. The maximum absolute atomic E-state index is 12.5. The van der Waals surface area contributed by atoms with Gasteiger partial charge in [-0.3, -0.25) is 14.9 Å². The minimum Gasteiger partial charge on any atom is -0.462 e. The number of carbonyl (C=O) groups is 2. The predicted molar refractivity (Wildman–Crippen MR) is 108 cm³/mol. The molecule has 0 saturated heterocycles. The van der Waals surface area contributed by atoms with Gasteiger partial charge in [0.1, 0.15) is 6.61 Å². The van der Waals surface area contributed by atoms with Gasteiger partial charge in [-0.2, -0.15) is 0 Å². The summed E-state index contributed by atoms with van der Waals surface area (Å²) >= 11 is 0. The van der Waals surface area contributed by atoms with Crippen LogP contribution in [0.2, 0.25) is 0 Å². The number of likely N-dealkylation sites (N-methyl/N-ethyl adjacent to an activating group) is 1. The van der Waals surface area contributed by atoms with Crippen LogP contribution in [0.1, 0.15) is 34.0 Å². The smallest absolute Gasteiger partial charge is 0.340 e. The Bertz CT molecular complexity index is 925. The summed E-state index contributed by atoms with van der Waals surface area (Å²) in [6.45, 7) is 5.81. The van der Waals surface area contributed by atoms with E-state index < -0.39 is 16.8 Å². The molecule has 0 N–H and O–H groups in total. The lowest BCUT2D eigenvalue weighted by Crippen LogP contribution is -2.31. The number of anilines is 1. The van der Waals surface area contributed by atoms with Crippen molar-refractivity contribution >= 4 is 23.3 Å². The average Bonchev–Trinajstić information content (AvgIpc) is 2.69. The Labute approximate surface area is 169 Å². The van der Waals surface area contributed by atoms with Gasteiger partial charge in [-0.15, -0.1) is 0 Å². The van der Waals surface area contributed by atoms with Gasteiger partial charge >= 0.3 is 5.97 Å². The van der Waals surface area contributed by atoms with Gasteiger partial charge in [0.2, 0.25) is 0 Å². The molecule has 1 amide bonds. The predicted octanol–water partition coefficient (Wildman–Crippen LogP) is 3.57. The van der Waals surface area contributed by atoms with E-state index in [1.165, 1.54) is 35.7 Å². The molecule has 0 radical (unpaired) electrons. The molecule has 0 aromatic heterocycles. The quantitative estimate of drug-likeness (QED) is 0.382. The lowest BCUT2D eigenvalue weighted by Gasteiger charge is -2.20. The van der Waals surface area contributed by atoms with E-state index in [1.807, 2.05) is 32.0 Å². The number of hydrogen-bond acceptors (Lipinski definition) is 6. The molecule has 0 saturated carbocycles. The summed E-state index contributed by atoms with van der Waals surface area (Å²) in [5.74, 6) is -1.10. The van der Waals surface area contributed by atoms with Crippen molar-refractivity contribution in [3.05, 3.63) is 68.8 Å². The zero-order valence-corrected chi connectivity index (χ0v) is 16.9. The molecule has 0 aliphatic rings. The molecular weight excluding hydrogens is 376 g/mol. The van der Waals surface area contributed by atoms with Gasteiger partial charge in [0.05, 0.1) is 29.4 Å². The van der Waals surface area contributed by atoms with Crippen molar-refractivity contribution < 1.29 is 24.0 Å². The van der Waals surface area contributed by atoms with Crippen LogP contribution in [0.4, 0.5) is 11.4 Å². The highest BCUT2D eigenvalue weighted by Gasteiger charge is 2.23. The Balaban J connectivity index is 2.13. The van der Waals surface area contributed by atoms with E-state index >= 15 is 0 Å². The van der Waals surface area contributed by atoms with Crippen molar-refractivity contribution in [3.63, 3.8) is 0 Å². The van der Waals surface area contributed by atoms with Gasteiger partial charge < -0.3 is 14.4 Å². The first-order valence-electron chi connectivity index (χ1n) is 9.10. The van der Waals surface area contributed by atoms with Crippen LogP contribution in [0.25, 0.3) is 0 Å². The van der Waals surface area contributed by atoms with Crippen LogP contribution in [-0.4, -0.2) is 37.1 Å². The van der Waals surface area contributed by atoms with Crippen LogP contribution in [0.15, 0.2) is 36.4 Å². The monoisotopic (exact) mass is 400 g/mol. The molecule has 154 valence electrons. The van der Waals surface area contributed by atoms with Gasteiger partial charge in [-0.05, 0) is 43.5 Å². The maximum Gasteiger partial charge on any atom is 0.340 e. The van der Waals surface area contributed by atoms with Crippen molar-refractivity contribution in [2.75, 3.05) is 25.2 Å². The summed E-state index contributed by atoms with van der Waals surface area (Å²) in [6, 6.07) is 9.55. The summed E-state index contributed by atoms with van der Waals surface area (Å²) in [5.41, 5.74) is 3.17. The first-order valence-corrected chi connectivity index (χ1v) is 9.10. The molecule has 0 bridgehead atoms. The molecule has 8 nitrogen and oxygen atoms in total. The molecule has 0 aliphatic carbocycles. The van der Waals surface area contributed by atoms with Crippen LogP contribution in [0.3, 0.4) is 0 Å². The highest BCUT2D eigenvalue weighted by molar-refractivity contribution is 6.03. The number of nitro benzene ring substituents is 1. The molecule has 29 heavy (non-hydrogen) atoms. The standard InChI is InChI=1S/C21H24N2O6/c1-5-29-21(25)18-9-8-17(23(26)27)11-19(18)22(4)20(24)13-28-12-16-7-6-14(2)15(3)10-16/h6-11H,5,12-13H2,1-4H3. The number of benzene rings is 2. The molecule has 0 unspecified atom stereocenters. The van der Waals surface area contributed by atoms with Crippen molar-refractivity contribution in [3.8, 4) is 0 Å². The molecule has 0 aliphatic heterocycles. The number of carbonyl (C=O) groups excluding carboxylic acids is 2. The van der Waals surface area contributed by atoms with Crippen LogP contribution in [0, 0.1) is 24.0 Å². The second-order valence-corrected chi connectivity index (χ2v) is 6.54. The molecule has 0 atom stereocenters. The van der Waals surface area contributed by atoms with E-state index in [0.29, 0.717) is 0 Å². The Kier molecular flexibility index (Phi) is 7.44. The molecule has 2 rings (SSSR count). The van der Waals surface area contributed by atoms with Gasteiger partial charge in [0, 0.05) is 19.2 Å². The van der Waals surface area contributed by atoms with Crippen LogP contribution in [0.5, 0.6) is 0 Å². The van der Waals surface area contributed by atoms with Gasteiger partial charge in [0.25, 0.3) is 11.6 Å². The van der Waals surface area contributed by atoms with E-state index in [-0.39, 0.29) is 36.8 Å². The van der Waals surface area contributed by atoms with Gasteiger partial charge in [-0.1, -0.05) is 18.2 Å².